The molecule has 1 aromatic carbocycles. The van der Waals surface area contributed by atoms with Gasteiger partial charge in [0.25, 0.3) is 0 Å². The molecular formula is C13H19Cl3N2O. The lowest BCUT2D eigenvalue weighted by molar-refractivity contribution is -0.121. The second-order valence-corrected chi connectivity index (χ2v) is 4.87. The lowest BCUT2D eigenvalue weighted by Crippen LogP contribution is -2.30. The van der Waals surface area contributed by atoms with Crippen molar-refractivity contribution in [1.29, 1.82) is 0 Å². The van der Waals surface area contributed by atoms with Crippen LogP contribution in [0.25, 0.3) is 0 Å². The SMILES string of the molecule is CNCCNC(=O)CCCc1ccc(Cl)c(Cl)c1.Cl. The van der Waals surface area contributed by atoms with E-state index in [4.69, 9.17) is 23.2 Å². The molecule has 1 amide bonds. The fourth-order valence-electron chi connectivity index (χ4n) is 1.56. The standard InChI is InChI=1S/C13H18Cl2N2O.ClH/c1-16-7-8-17-13(18)4-2-3-10-5-6-11(14)12(15)9-10;/h5-6,9,16H,2-4,7-8H2,1H3,(H,17,18);1H. The number of likely N-dealkylation sites (N-methyl/N-ethyl adjacent to an activating group) is 1. The van der Waals surface area contributed by atoms with Crippen molar-refractivity contribution in [3.05, 3.63) is 33.8 Å². The molecule has 1 rings (SSSR count). The number of hydrogen-bond donors (Lipinski definition) is 2. The average molecular weight is 326 g/mol. The zero-order valence-electron chi connectivity index (χ0n) is 10.8. The van der Waals surface area contributed by atoms with Crippen LogP contribution in [-0.4, -0.2) is 26.0 Å². The van der Waals surface area contributed by atoms with Crippen LogP contribution in [0, 0.1) is 0 Å². The van der Waals surface area contributed by atoms with Crippen LogP contribution in [0.2, 0.25) is 10.0 Å². The first kappa shape index (κ1) is 18.5. The molecule has 0 fully saturated rings. The molecule has 1 aromatic rings. The van der Waals surface area contributed by atoms with Gasteiger partial charge in [-0.1, -0.05) is 29.3 Å². The topological polar surface area (TPSA) is 41.1 Å². The lowest BCUT2D eigenvalue weighted by Gasteiger charge is -2.05. The monoisotopic (exact) mass is 324 g/mol. The second-order valence-electron chi connectivity index (χ2n) is 4.06. The summed E-state index contributed by atoms with van der Waals surface area (Å²) in [5.74, 6) is 0.0883. The minimum Gasteiger partial charge on any atom is -0.355 e. The zero-order valence-corrected chi connectivity index (χ0v) is 13.2. The van der Waals surface area contributed by atoms with Gasteiger partial charge < -0.3 is 10.6 Å². The molecule has 0 spiro atoms. The Kier molecular flexibility index (Phi) is 10.1. The normalized spacial score (nSPS) is 9.84. The Balaban J connectivity index is 0.00000324. The molecule has 0 aromatic heterocycles. The van der Waals surface area contributed by atoms with E-state index >= 15 is 0 Å². The Hall–Kier alpha value is -0.480. The first-order valence-corrected chi connectivity index (χ1v) is 6.74. The fraction of sp³-hybridized carbons (Fsp3) is 0.462. The molecule has 0 heterocycles. The van der Waals surface area contributed by atoms with Crippen LogP contribution < -0.4 is 10.6 Å². The quantitative estimate of drug-likeness (QED) is 0.757. The Morgan fingerprint density at radius 2 is 1.95 bits per heavy atom. The van der Waals surface area contributed by atoms with E-state index in [1.165, 1.54) is 0 Å². The number of halogens is 3. The van der Waals surface area contributed by atoms with Crippen molar-refractivity contribution in [2.45, 2.75) is 19.3 Å². The average Bonchev–Trinajstić information content (AvgIpc) is 2.34. The molecule has 0 aliphatic rings. The van der Waals surface area contributed by atoms with Crippen molar-refractivity contribution in [2.24, 2.45) is 0 Å². The van der Waals surface area contributed by atoms with Crippen LogP contribution in [0.15, 0.2) is 18.2 Å². The number of aryl methyl sites for hydroxylation is 1. The van der Waals surface area contributed by atoms with Gasteiger partial charge in [0.1, 0.15) is 0 Å². The van der Waals surface area contributed by atoms with Gasteiger partial charge in [0.15, 0.2) is 0 Å². The molecule has 0 radical (unpaired) electrons. The zero-order chi connectivity index (χ0) is 13.4. The van der Waals surface area contributed by atoms with Crippen LogP contribution in [0.3, 0.4) is 0 Å². The smallest absolute Gasteiger partial charge is 0.220 e. The molecule has 6 heteroatoms. The number of rotatable bonds is 7. The third-order valence-electron chi connectivity index (χ3n) is 2.55. The molecule has 108 valence electrons. The first-order valence-electron chi connectivity index (χ1n) is 5.98. The van der Waals surface area contributed by atoms with E-state index in [1.54, 1.807) is 6.07 Å². The minimum absolute atomic E-state index is 0. The number of carbonyl (C=O) groups is 1. The van der Waals surface area contributed by atoms with Crippen molar-refractivity contribution in [1.82, 2.24) is 10.6 Å². The van der Waals surface area contributed by atoms with E-state index in [0.29, 0.717) is 23.0 Å². The fourth-order valence-corrected chi connectivity index (χ4v) is 1.88. The Morgan fingerprint density at radius 1 is 1.21 bits per heavy atom. The number of hydrogen-bond acceptors (Lipinski definition) is 2. The molecule has 0 atom stereocenters. The van der Waals surface area contributed by atoms with Gasteiger partial charge in [-0.3, -0.25) is 4.79 Å². The van der Waals surface area contributed by atoms with Crippen LogP contribution >= 0.6 is 35.6 Å². The molecule has 0 unspecified atom stereocenters. The number of carbonyl (C=O) groups excluding carboxylic acids is 1. The summed E-state index contributed by atoms with van der Waals surface area (Å²) in [6, 6.07) is 5.57. The second kappa shape index (κ2) is 10.3. The number of amides is 1. The van der Waals surface area contributed by atoms with E-state index in [-0.39, 0.29) is 18.3 Å². The maximum atomic E-state index is 11.4. The molecule has 0 saturated heterocycles. The summed E-state index contributed by atoms with van der Waals surface area (Å²) in [6.07, 6.45) is 2.17. The molecular weight excluding hydrogens is 307 g/mol. The van der Waals surface area contributed by atoms with E-state index in [0.717, 1.165) is 24.9 Å². The molecule has 0 aliphatic heterocycles. The molecule has 2 N–H and O–H groups in total. The summed E-state index contributed by atoms with van der Waals surface area (Å²) in [7, 11) is 1.86. The predicted octanol–water partition coefficient (Wildman–Crippen LogP) is 3.07. The maximum absolute atomic E-state index is 11.4. The Labute approximate surface area is 130 Å². The van der Waals surface area contributed by atoms with Crippen molar-refractivity contribution in [3.63, 3.8) is 0 Å². The predicted molar refractivity (Wildman–Crippen MR) is 83.6 cm³/mol. The third-order valence-corrected chi connectivity index (χ3v) is 3.29. The van der Waals surface area contributed by atoms with Gasteiger partial charge in [0.2, 0.25) is 5.91 Å². The largest absolute Gasteiger partial charge is 0.355 e. The summed E-state index contributed by atoms with van der Waals surface area (Å²) >= 11 is 11.8. The van der Waals surface area contributed by atoms with Gasteiger partial charge in [-0.15, -0.1) is 12.4 Å². The number of benzene rings is 1. The van der Waals surface area contributed by atoms with Crippen molar-refractivity contribution in [2.75, 3.05) is 20.1 Å². The highest BCUT2D eigenvalue weighted by molar-refractivity contribution is 6.42. The van der Waals surface area contributed by atoms with Crippen LogP contribution in [0.4, 0.5) is 0 Å². The van der Waals surface area contributed by atoms with Gasteiger partial charge in [-0.05, 0) is 37.6 Å². The van der Waals surface area contributed by atoms with Gasteiger partial charge >= 0.3 is 0 Å². The van der Waals surface area contributed by atoms with Gasteiger partial charge in [0.05, 0.1) is 10.0 Å². The third kappa shape index (κ3) is 7.63. The molecule has 19 heavy (non-hydrogen) atoms. The summed E-state index contributed by atoms with van der Waals surface area (Å²) in [5, 5.41) is 6.94. The highest BCUT2D eigenvalue weighted by Gasteiger charge is 2.03. The molecule has 0 saturated carbocycles. The minimum atomic E-state index is 0. The number of nitrogens with one attached hydrogen (secondary N) is 2. The summed E-state index contributed by atoms with van der Waals surface area (Å²) < 4.78 is 0. The van der Waals surface area contributed by atoms with E-state index in [1.807, 2.05) is 19.2 Å². The Morgan fingerprint density at radius 3 is 2.58 bits per heavy atom. The summed E-state index contributed by atoms with van der Waals surface area (Å²) in [4.78, 5) is 11.4. The van der Waals surface area contributed by atoms with E-state index in [2.05, 4.69) is 10.6 Å². The van der Waals surface area contributed by atoms with Crippen LogP contribution in [0.5, 0.6) is 0 Å². The van der Waals surface area contributed by atoms with Crippen LogP contribution in [0.1, 0.15) is 18.4 Å². The van der Waals surface area contributed by atoms with Gasteiger partial charge in [0, 0.05) is 19.5 Å². The summed E-state index contributed by atoms with van der Waals surface area (Å²) in [5.41, 5.74) is 1.10. The highest BCUT2D eigenvalue weighted by atomic mass is 35.5. The first-order chi connectivity index (χ1) is 8.63. The molecule has 0 aliphatic carbocycles. The van der Waals surface area contributed by atoms with E-state index < -0.39 is 0 Å². The molecule has 3 nitrogen and oxygen atoms in total. The van der Waals surface area contributed by atoms with Crippen LogP contribution in [-0.2, 0) is 11.2 Å². The Bertz CT molecular complexity index is 399. The van der Waals surface area contributed by atoms with E-state index in [9.17, 15) is 4.79 Å². The lowest BCUT2D eigenvalue weighted by atomic mass is 10.1. The van der Waals surface area contributed by atoms with Crippen molar-refractivity contribution < 1.29 is 4.79 Å². The van der Waals surface area contributed by atoms with Gasteiger partial charge in [-0.25, -0.2) is 0 Å². The van der Waals surface area contributed by atoms with Crippen molar-refractivity contribution >= 4 is 41.5 Å². The highest BCUT2D eigenvalue weighted by Crippen LogP contribution is 2.23. The summed E-state index contributed by atoms with van der Waals surface area (Å²) in [6.45, 7) is 1.46. The van der Waals surface area contributed by atoms with Gasteiger partial charge in [-0.2, -0.15) is 0 Å². The van der Waals surface area contributed by atoms with Crippen molar-refractivity contribution in [3.8, 4) is 0 Å². The maximum Gasteiger partial charge on any atom is 0.220 e. The molecule has 0 bridgehead atoms.